The molecule has 0 aliphatic rings. The standard InChI is InChI=1S/C14H12N2O4/c1-3-19-12-10-8-6-4-5-7-9(8)16(2)13(17)11(10)15-20-14(12)18/h4-7H,3H2,1-2H3. The van der Waals surface area contributed by atoms with E-state index >= 15 is 0 Å². The van der Waals surface area contributed by atoms with E-state index in [4.69, 9.17) is 4.74 Å². The van der Waals surface area contributed by atoms with Crippen LogP contribution in [0.3, 0.4) is 0 Å². The molecule has 2 aromatic heterocycles. The van der Waals surface area contributed by atoms with Gasteiger partial charge in [0.1, 0.15) is 0 Å². The molecular weight excluding hydrogens is 260 g/mol. The van der Waals surface area contributed by atoms with E-state index < -0.39 is 5.63 Å². The Morgan fingerprint density at radius 2 is 2.05 bits per heavy atom. The van der Waals surface area contributed by atoms with Crippen LogP contribution in [0, 0.1) is 0 Å². The molecule has 0 aliphatic heterocycles. The van der Waals surface area contributed by atoms with Gasteiger partial charge in [0.05, 0.1) is 17.5 Å². The van der Waals surface area contributed by atoms with Crippen molar-refractivity contribution in [3.05, 3.63) is 45.0 Å². The lowest BCUT2D eigenvalue weighted by molar-refractivity contribution is 0.299. The maximum absolute atomic E-state index is 12.3. The fourth-order valence-electron chi connectivity index (χ4n) is 2.30. The summed E-state index contributed by atoms with van der Waals surface area (Å²) in [6, 6.07) is 7.28. The molecule has 0 unspecified atom stereocenters. The predicted molar refractivity (Wildman–Crippen MR) is 74.2 cm³/mol. The van der Waals surface area contributed by atoms with Crippen molar-refractivity contribution in [2.45, 2.75) is 6.92 Å². The van der Waals surface area contributed by atoms with E-state index in [-0.39, 0.29) is 16.8 Å². The lowest BCUT2D eigenvalue weighted by Gasteiger charge is -2.10. The summed E-state index contributed by atoms with van der Waals surface area (Å²) in [7, 11) is 1.65. The summed E-state index contributed by atoms with van der Waals surface area (Å²) in [6.07, 6.45) is 0. The lowest BCUT2D eigenvalue weighted by atomic mass is 10.1. The average Bonchev–Trinajstić information content (AvgIpc) is 2.47. The lowest BCUT2D eigenvalue weighted by Crippen LogP contribution is -2.20. The fraction of sp³-hybridized carbons (Fsp3) is 0.214. The number of ether oxygens (including phenoxy) is 1. The highest BCUT2D eigenvalue weighted by atomic mass is 16.5. The minimum absolute atomic E-state index is 0.0337. The van der Waals surface area contributed by atoms with E-state index in [2.05, 4.69) is 9.68 Å². The van der Waals surface area contributed by atoms with Crippen molar-refractivity contribution < 1.29 is 9.26 Å². The van der Waals surface area contributed by atoms with Crippen molar-refractivity contribution in [3.63, 3.8) is 0 Å². The number of benzene rings is 1. The number of hydrogen-bond donors (Lipinski definition) is 0. The van der Waals surface area contributed by atoms with Gasteiger partial charge in [-0.3, -0.25) is 4.79 Å². The summed E-state index contributed by atoms with van der Waals surface area (Å²) < 4.78 is 11.5. The number of hydrogen-bond acceptors (Lipinski definition) is 5. The highest BCUT2D eigenvalue weighted by molar-refractivity contribution is 6.07. The van der Waals surface area contributed by atoms with Gasteiger partial charge >= 0.3 is 5.63 Å². The number of aryl methyl sites for hydroxylation is 1. The minimum Gasteiger partial charge on any atom is -0.486 e. The number of para-hydroxylation sites is 1. The van der Waals surface area contributed by atoms with Crippen molar-refractivity contribution >= 4 is 21.8 Å². The summed E-state index contributed by atoms with van der Waals surface area (Å²) >= 11 is 0. The monoisotopic (exact) mass is 272 g/mol. The van der Waals surface area contributed by atoms with Crippen molar-refractivity contribution in [1.29, 1.82) is 0 Å². The molecule has 0 atom stereocenters. The van der Waals surface area contributed by atoms with Gasteiger partial charge in [0.15, 0.2) is 5.52 Å². The van der Waals surface area contributed by atoms with Crippen LogP contribution in [0.15, 0.2) is 38.4 Å². The number of nitrogens with zero attached hydrogens (tertiary/aromatic N) is 2. The molecule has 3 aromatic rings. The Bertz CT molecular complexity index is 924. The maximum Gasteiger partial charge on any atom is 0.400 e. The molecule has 1 aromatic carbocycles. The fourth-order valence-corrected chi connectivity index (χ4v) is 2.30. The molecule has 0 fully saturated rings. The van der Waals surface area contributed by atoms with Crippen molar-refractivity contribution in [3.8, 4) is 5.75 Å². The smallest absolute Gasteiger partial charge is 0.400 e. The first-order valence-electron chi connectivity index (χ1n) is 6.19. The van der Waals surface area contributed by atoms with Gasteiger partial charge in [0.2, 0.25) is 5.75 Å². The molecule has 20 heavy (non-hydrogen) atoms. The number of aromatic nitrogens is 2. The van der Waals surface area contributed by atoms with Gasteiger partial charge in [-0.25, -0.2) is 4.79 Å². The van der Waals surface area contributed by atoms with Crippen LogP contribution in [0.5, 0.6) is 5.75 Å². The van der Waals surface area contributed by atoms with Crippen LogP contribution in [-0.4, -0.2) is 16.3 Å². The molecule has 0 bridgehead atoms. The first-order valence-corrected chi connectivity index (χ1v) is 6.19. The molecule has 0 saturated heterocycles. The van der Waals surface area contributed by atoms with Crippen LogP contribution in [-0.2, 0) is 7.05 Å². The Morgan fingerprint density at radius 3 is 2.80 bits per heavy atom. The van der Waals surface area contributed by atoms with Crippen LogP contribution in [0.4, 0.5) is 0 Å². The molecule has 102 valence electrons. The van der Waals surface area contributed by atoms with Crippen LogP contribution in [0.2, 0.25) is 0 Å². The quantitative estimate of drug-likeness (QED) is 0.660. The van der Waals surface area contributed by atoms with Crippen LogP contribution < -0.4 is 15.9 Å². The molecule has 0 spiro atoms. The van der Waals surface area contributed by atoms with Crippen molar-refractivity contribution in [2.24, 2.45) is 7.05 Å². The molecular formula is C14H12N2O4. The summed E-state index contributed by atoms with van der Waals surface area (Å²) in [5, 5.41) is 4.77. The third-order valence-corrected chi connectivity index (χ3v) is 3.20. The molecule has 0 aliphatic carbocycles. The van der Waals surface area contributed by atoms with E-state index in [1.54, 1.807) is 20.0 Å². The van der Waals surface area contributed by atoms with E-state index in [0.717, 1.165) is 5.39 Å². The summed E-state index contributed by atoms with van der Waals surface area (Å²) in [4.78, 5) is 24.1. The Labute approximate surface area is 113 Å². The zero-order valence-electron chi connectivity index (χ0n) is 11.0. The number of rotatable bonds is 2. The number of fused-ring (bicyclic) bond motifs is 3. The molecule has 0 amide bonds. The molecule has 6 heteroatoms. The SMILES string of the molecule is CCOc1c(=O)onc2c(=O)n(C)c3ccccc3c12. The Balaban J connectivity index is 2.67. The van der Waals surface area contributed by atoms with Gasteiger partial charge in [-0.2, -0.15) is 0 Å². The van der Waals surface area contributed by atoms with Gasteiger partial charge in [-0.15, -0.1) is 0 Å². The highest BCUT2D eigenvalue weighted by Gasteiger charge is 2.18. The molecule has 0 saturated carbocycles. The van der Waals surface area contributed by atoms with Gasteiger partial charge in [-0.05, 0) is 13.0 Å². The summed E-state index contributed by atoms with van der Waals surface area (Å²) in [5.41, 5.74) is -0.214. The summed E-state index contributed by atoms with van der Waals surface area (Å²) in [6.45, 7) is 2.06. The largest absolute Gasteiger partial charge is 0.486 e. The third kappa shape index (κ3) is 1.61. The van der Waals surface area contributed by atoms with Gasteiger partial charge < -0.3 is 13.8 Å². The highest BCUT2D eigenvalue weighted by Crippen LogP contribution is 2.26. The molecule has 2 heterocycles. The Hall–Kier alpha value is -2.63. The molecule has 0 radical (unpaired) electrons. The molecule has 3 rings (SSSR count). The second-order valence-corrected chi connectivity index (χ2v) is 4.34. The van der Waals surface area contributed by atoms with Gasteiger partial charge in [0, 0.05) is 12.4 Å². The van der Waals surface area contributed by atoms with Crippen molar-refractivity contribution in [1.82, 2.24) is 9.72 Å². The second-order valence-electron chi connectivity index (χ2n) is 4.34. The zero-order chi connectivity index (χ0) is 14.3. The van der Waals surface area contributed by atoms with E-state index in [9.17, 15) is 9.59 Å². The van der Waals surface area contributed by atoms with E-state index in [1.165, 1.54) is 4.57 Å². The third-order valence-electron chi connectivity index (χ3n) is 3.20. The molecule has 6 nitrogen and oxygen atoms in total. The zero-order valence-corrected chi connectivity index (χ0v) is 11.0. The first-order chi connectivity index (χ1) is 9.65. The van der Waals surface area contributed by atoms with Gasteiger partial charge in [-0.1, -0.05) is 23.4 Å². The summed E-state index contributed by atoms with van der Waals surface area (Å²) in [5.74, 6) is 0.0337. The van der Waals surface area contributed by atoms with Gasteiger partial charge in [0.25, 0.3) is 5.56 Å². The Morgan fingerprint density at radius 1 is 1.30 bits per heavy atom. The van der Waals surface area contributed by atoms with Crippen LogP contribution >= 0.6 is 0 Å². The van der Waals surface area contributed by atoms with E-state index in [0.29, 0.717) is 17.5 Å². The topological polar surface area (TPSA) is 74.3 Å². The maximum atomic E-state index is 12.3. The van der Waals surface area contributed by atoms with Crippen LogP contribution in [0.1, 0.15) is 6.92 Å². The minimum atomic E-state index is -0.683. The Kier molecular flexibility index (Phi) is 2.78. The second kappa shape index (κ2) is 4.48. The predicted octanol–water partition coefficient (Wildman–Crippen LogP) is 1.44. The average molecular weight is 272 g/mol. The van der Waals surface area contributed by atoms with Crippen molar-refractivity contribution in [2.75, 3.05) is 6.61 Å². The normalized spacial score (nSPS) is 11.1. The van der Waals surface area contributed by atoms with E-state index in [1.807, 2.05) is 18.2 Å². The number of pyridine rings is 1. The molecule has 0 N–H and O–H groups in total. The van der Waals surface area contributed by atoms with Crippen LogP contribution in [0.25, 0.3) is 21.8 Å². The first kappa shape index (κ1) is 12.4.